The summed E-state index contributed by atoms with van der Waals surface area (Å²) < 4.78 is 5.38. The summed E-state index contributed by atoms with van der Waals surface area (Å²) in [5.41, 5.74) is 7.00. The first kappa shape index (κ1) is 11.1. The fraction of sp³-hybridized carbons (Fsp3) is 0.500. The molecule has 2 heteroatoms. The van der Waals surface area contributed by atoms with Crippen LogP contribution in [-0.4, -0.2) is 13.2 Å². The molecule has 0 radical (unpaired) electrons. The Morgan fingerprint density at radius 1 is 1.21 bits per heavy atom. The van der Waals surface area contributed by atoms with Crippen LogP contribution < -0.4 is 10.5 Å². The lowest BCUT2D eigenvalue weighted by atomic mass is 9.85. The highest BCUT2D eigenvalue weighted by Crippen LogP contribution is 2.23. The highest BCUT2D eigenvalue weighted by Gasteiger charge is 2.17. The van der Waals surface area contributed by atoms with Crippen molar-refractivity contribution >= 4 is 0 Å². The van der Waals surface area contributed by atoms with Crippen LogP contribution in [0.1, 0.15) is 26.3 Å². The Morgan fingerprint density at radius 3 is 2.21 bits per heavy atom. The molecule has 0 aromatic heterocycles. The quantitative estimate of drug-likeness (QED) is 0.796. The maximum atomic E-state index is 5.70. The molecule has 78 valence electrons. The maximum absolute atomic E-state index is 5.70. The second kappa shape index (κ2) is 4.47. The molecule has 0 unspecified atom stereocenters. The summed E-state index contributed by atoms with van der Waals surface area (Å²) in [5.74, 6) is 0.920. The summed E-state index contributed by atoms with van der Waals surface area (Å²) in [4.78, 5) is 0. The first-order valence-corrected chi connectivity index (χ1v) is 5.03. The zero-order valence-corrected chi connectivity index (χ0v) is 9.21. The van der Waals surface area contributed by atoms with Gasteiger partial charge in [0, 0.05) is 12.0 Å². The molecule has 2 N–H and O–H groups in total. The molecule has 0 heterocycles. The Morgan fingerprint density at radius 2 is 1.79 bits per heavy atom. The lowest BCUT2D eigenvalue weighted by Gasteiger charge is -2.23. The molecule has 1 aromatic rings. The van der Waals surface area contributed by atoms with Gasteiger partial charge in [-0.1, -0.05) is 26.0 Å². The smallest absolute Gasteiger partial charge is 0.119 e. The van der Waals surface area contributed by atoms with Gasteiger partial charge in [0.25, 0.3) is 0 Å². The van der Waals surface area contributed by atoms with Crippen molar-refractivity contribution in [1.29, 1.82) is 0 Å². The Labute approximate surface area is 86.1 Å². The number of nitrogens with two attached hydrogens (primary N) is 1. The van der Waals surface area contributed by atoms with Crippen LogP contribution in [0.2, 0.25) is 0 Å². The van der Waals surface area contributed by atoms with Gasteiger partial charge in [0.15, 0.2) is 0 Å². The van der Waals surface area contributed by atoms with Gasteiger partial charge in [-0.3, -0.25) is 0 Å². The summed E-state index contributed by atoms with van der Waals surface area (Å²) >= 11 is 0. The van der Waals surface area contributed by atoms with E-state index in [1.807, 2.05) is 19.1 Å². The second-order valence-electron chi connectivity index (χ2n) is 4.05. The van der Waals surface area contributed by atoms with E-state index in [0.717, 1.165) is 5.75 Å². The molecule has 2 nitrogen and oxygen atoms in total. The van der Waals surface area contributed by atoms with Crippen molar-refractivity contribution < 1.29 is 4.74 Å². The van der Waals surface area contributed by atoms with Crippen molar-refractivity contribution in [1.82, 2.24) is 0 Å². The van der Waals surface area contributed by atoms with Crippen LogP contribution in [-0.2, 0) is 5.41 Å². The average molecular weight is 193 g/mol. The van der Waals surface area contributed by atoms with Crippen molar-refractivity contribution in [3.63, 3.8) is 0 Å². The van der Waals surface area contributed by atoms with Crippen LogP contribution in [0.4, 0.5) is 0 Å². The first-order chi connectivity index (χ1) is 6.60. The van der Waals surface area contributed by atoms with E-state index < -0.39 is 0 Å². The van der Waals surface area contributed by atoms with Crippen LogP contribution in [0.3, 0.4) is 0 Å². The molecule has 14 heavy (non-hydrogen) atoms. The van der Waals surface area contributed by atoms with Crippen LogP contribution in [0.5, 0.6) is 5.75 Å². The molecular weight excluding hydrogens is 174 g/mol. The van der Waals surface area contributed by atoms with Gasteiger partial charge in [-0.2, -0.15) is 0 Å². The minimum atomic E-state index is 0.0464. The molecule has 0 atom stereocenters. The van der Waals surface area contributed by atoms with Gasteiger partial charge in [-0.25, -0.2) is 0 Å². The number of benzene rings is 1. The number of hydrogen-bond acceptors (Lipinski definition) is 2. The second-order valence-corrected chi connectivity index (χ2v) is 4.05. The van der Waals surface area contributed by atoms with Gasteiger partial charge in [-0.05, 0) is 24.6 Å². The molecule has 0 spiro atoms. The topological polar surface area (TPSA) is 35.2 Å². The van der Waals surface area contributed by atoms with Crippen molar-refractivity contribution in [2.75, 3.05) is 13.2 Å². The molecule has 0 aliphatic carbocycles. The summed E-state index contributed by atoms with van der Waals surface area (Å²) in [6.07, 6.45) is 0. The van der Waals surface area contributed by atoms with Gasteiger partial charge in [-0.15, -0.1) is 0 Å². The maximum Gasteiger partial charge on any atom is 0.119 e. The number of hydrogen-bond donors (Lipinski definition) is 1. The van der Waals surface area contributed by atoms with E-state index in [2.05, 4.69) is 26.0 Å². The number of ether oxygens (including phenoxy) is 1. The summed E-state index contributed by atoms with van der Waals surface area (Å²) in [6.45, 7) is 7.63. The van der Waals surface area contributed by atoms with Crippen LogP contribution in [0, 0.1) is 0 Å². The van der Waals surface area contributed by atoms with E-state index in [4.69, 9.17) is 10.5 Å². The SMILES string of the molecule is CCOc1ccc(C(C)(C)CN)cc1. The third kappa shape index (κ3) is 2.48. The minimum absolute atomic E-state index is 0.0464. The largest absolute Gasteiger partial charge is 0.494 e. The number of rotatable bonds is 4. The van der Waals surface area contributed by atoms with E-state index >= 15 is 0 Å². The normalized spacial score (nSPS) is 11.4. The first-order valence-electron chi connectivity index (χ1n) is 5.03. The molecule has 0 amide bonds. The summed E-state index contributed by atoms with van der Waals surface area (Å²) in [6, 6.07) is 8.15. The van der Waals surface area contributed by atoms with Gasteiger partial charge >= 0.3 is 0 Å². The lowest BCUT2D eigenvalue weighted by Crippen LogP contribution is -2.27. The fourth-order valence-corrected chi connectivity index (χ4v) is 1.29. The predicted molar refractivity (Wildman–Crippen MR) is 59.7 cm³/mol. The highest BCUT2D eigenvalue weighted by atomic mass is 16.5. The fourth-order valence-electron chi connectivity index (χ4n) is 1.29. The molecular formula is C12H19NO. The standard InChI is InChI=1S/C12H19NO/c1-4-14-11-7-5-10(6-8-11)12(2,3)9-13/h5-8H,4,9,13H2,1-3H3. The molecule has 0 saturated carbocycles. The van der Waals surface area contributed by atoms with Crippen molar-refractivity contribution in [2.45, 2.75) is 26.2 Å². The van der Waals surface area contributed by atoms with Gasteiger partial charge in [0.1, 0.15) is 5.75 Å². The Bertz CT molecular complexity index is 277. The van der Waals surface area contributed by atoms with Crippen molar-refractivity contribution in [2.24, 2.45) is 5.73 Å². The van der Waals surface area contributed by atoms with Crippen LogP contribution >= 0.6 is 0 Å². The van der Waals surface area contributed by atoms with Crippen LogP contribution in [0.15, 0.2) is 24.3 Å². The molecule has 0 aliphatic rings. The molecule has 1 rings (SSSR count). The summed E-state index contributed by atoms with van der Waals surface area (Å²) in [7, 11) is 0. The Kier molecular flexibility index (Phi) is 3.53. The monoisotopic (exact) mass is 193 g/mol. The van der Waals surface area contributed by atoms with E-state index in [-0.39, 0.29) is 5.41 Å². The molecule has 0 fully saturated rings. The third-order valence-corrected chi connectivity index (χ3v) is 2.46. The minimum Gasteiger partial charge on any atom is -0.494 e. The third-order valence-electron chi connectivity index (χ3n) is 2.46. The van der Waals surface area contributed by atoms with E-state index in [1.165, 1.54) is 5.56 Å². The van der Waals surface area contributed by atoms with Gasteiger partial charge < -0.3 is 10.5 Å². The van der Waals surface area contributed by atoms with Crippen molar-refractivity contribution in [3.05, 3.63) is 29.8 Å². The lowest BCUT2D eigenvalue weighted by molar-refractivity contribution is 0.340. The summed E-state index contributed by atoms with van der Waals surface area (Å²) in [5, 5.41) is 0. The zero-order valence-electron chi connectivity index (χ0n) is 9.21. The molecule has 0 aliphatic heterocycles. The van der Waals surface area contributed by atoms with Crippen LogP contribution in [0.25, 0.3) is 0 Å². The van der Waals surface area contributed by atoms with Crippen molar-refractivity contribution in [3.8, 4) is 5.75 Å². The predicted octanol–water partition coefficient (Wildman–Crippen LogP) is 2.32. The van der Waals surface area contributed by atoms with E-state index in [0.29, 0.717) is 13.2 Å². The Balaban J connectivity index is 2.82. The van der Waals surface area contributed by atoms with E-state index in [1.54, 1.807) is 0 Å². The molecule has 0 saturated heterocycles. The Hall–Kier alpha value is -1.02. The zero-order chi connectivity index (χ0) is 10.6. The van der Waals surface area contributed by atoms with Gasteiger partial charge in [0.2, 0.25) is 0 Å². The average Bonchev–Trinajstić information content (AvgIpc) is 2.19. The van der Waals surface area contributed by atoms with E-state index in [9.17, 15) is 0 Å². The molecule has 0 bridgehead atoms. The highest BCUT2D eigenvalue weighted by molar-refractivity contribution is 5.31. The molecule has 1 aromatic carbocycles. The van der Waals surface area contributed by atoms with Gasteiger partial charge in [0.05, 0.1) is 6.61 Å².